The molecule has 2 nitrogen and oxygen atoms in total. The van der Waals surface area contributed by atoms with Crippen LogP contribution in [0.5, 0.6) is 0 Å². The summed E-state index contributed by atoms with van der Waals surface area (Å²) in [5.74, 6) is 0.948. The van der Waals surface area contributed by atoms with Gasteiger partial charge in [-0.05, 0) is 48.1 Å². The Morgan fingerprint density at radius 3 is 2.50 bits per heavy atom. The molecule has 24 heavy (non-hydrogen) atoms. The van der Waals surface area contributed by atoms with Crippen LogP contribution in [0, 0.1) is 6.92 Å². The average Bonchev–Trinajstić information content (AvgIpc) is 3.15. The predicted molar refractivity (Wildman–Crippen MR) is 102 cm³/mol. The fraction of sp³-hybridized carbons (Fsp3) is 0.318. The fourth-order valence-corrected chi connectivity index (χ4v) is 3.23. The number of nitrogens with one attached hydrogen (secondary N) is 1. The molecule has 0 saturated heterocycles. The van der Waals surface area contributed by atoms with Crippen molar-refractivity contribution in [3.8, 4) is 22.5 Å². The Labute approximate surface area is 145 Å². The number of hydrogen-bond acceptors (Lipinski definition) is 1. The zero-order valence-corrected chi connectivity index (χ0v) is 14.7. The summed E-state index contributed by atoms with van der Waals surface area (Å²) >= 11 is 0. The maximum atomic E-state index is 4.50. The highest BCUT2D eigenvalue weighted by Gasteiger charge is 2.12. The number of nitrogens with zero attached hydrogens (tertiary/aromatic N) is 1. The van der Waals surface area contributed by atoms with Crippen molar-refractivity contribution in [2.75, 3.05) is 0 Å². The molecule has 0 aliphatic carbocycles. The van der Waals surface area contributed by atoms with E-state index in [4.69, 9.17) is 0 Å². The summed E-state index contributed by atoms with van der Waals surface area (Å²) in [6.07, 6.45) is 10.0. The van der Waals surface area contributed by atoms with Gasteiger partial charge in [-0.1, -0.05) is 62.6 Å². The van der Waals surface area contributed by atoms with Gasteiger partial charge in [-0.3, -0.25) is 0 Å². The van der Waals surface area contributed by atoms with Crippen LogP contribution in [0.1, 0.15) is 43.7 Å². The monoisotopic (exact) mass is 318 g/mol. The highest BCUT2D eigenvalue weighted by atomic mass is 14.9. The molecule has 0 bridgehead atoms. The van der Waals surface area contributed by atoms with Crippen LogP contribution < -0.4 is 0 Å². The SMILES string of the molecule is CCCCCCc1cc(-c2ncc[nH]2)c(-c2ccccc2)cc1C. The molecule has 0 aliphatic heterocycles. The minimum absolute atomic E-state index is 0.948. The lowest BCUT2D eigenvalue weighted by atomic mass is 9.91. The molecule has 0 unspecified atom stereocenters. The molecule has 3 aromatic rings. The summed E-state index contributed by atoms with van der Waals surface area (Å²) in [7, 11) is 0. The van der Waals surface area contributed by atoms with E-state index < -0.39 is 0 Å². The van der Waals surface area contributed by atoms with Crippen molar-refractivity contribution in [2.45, 2.75) is 46.0 Å². The molecule has 0 amide bonds. The van der Waals surface area contributed by atoms with Gasteiger partial charge in [-0.15, -0.1) is 0 Å². The summed E-state index contributed by atoms with van der Waals surface area (Å²) < 4.78 is 0. The van der Waals surface area contributed by atoms with E-state index in [-0.39, 0.29) is 0 Å². The van der Waals surface area contributed by atoms with E-state index in [0.29, 0.717) is 0 Å². The van der Waals surface area contributed by atoms with E-state index in [9.17, 15) is 0 Å². The number of H-pyrrole nitrogens is 1. The molecule has 0 aliphatic rings. The Balaban J connectivity index is 1.98. The van der Waals surface area contributed by atoms with Gasteiger partial charge >= 0.3 is 0 Å². The summed E-state index contributed by atoms with van der Waals surface area (Å²) in [6.45, 7) is 4.49. The molecule has 124 valence electrons. The van der Waals surface area contributed by atoms with Crippen molar-refractivity contribution in [2.24, 2.45) is 0 Å². The predicted octanol–water partition coefficient (Wildman–Crippen LogP) is 6.17. The van der Waals surface area contributed by atoms with E-state index in [1.165, 1.54) is 53.5 Å². The highest BCUT2D eigenvalue weighted by molar-refractivity contribution is 5.81. The molecule has 1 heterocycles. The average molecular weight is 318 g/mol. The van der Waals surface area contributed by atoms with Gasteiger partial charge in [0.05, 0.1) is 0 Å². The second kappa shape index (κ2) is 7.96. The van der Waals surface area contributed by atoms with Crippen molar-refractivity contribution in [1.82, 2.24) is 9.97 Å². The summed E-state index contributed by atoms with van der Waals surface area (Å²) in [6, 6.07) is 15.2. The van der Waals surface area contributed by atoms with Crippen molar-refractivity contribution in [1.29, 1.82) is 0 Å². The molecule has 0 spiro atoms. The molecule has 0 radical (unpaired) electrons. The van der Waals surface area contributed by atoms with Crippen LogP contribution in [0.4, 0.5) is 0 Å². The van der Waals surface area contributed by atoms with Gasteiger partial charge < -0.3 is 4.98 Å². The minimum Gasteiger partial charge on any atom is -0.345 e. The van der Waals surface area contributed by atoms with Gasteiger partial charge in [0.2, 0.25) is 0 Å². The van der Waals surface area contributed by atoms with Gasteiger partial charge in [-0.2, -0.15) is 0 Å². The van der Waals surface area contributed by atoms with Crippen LogP contribution in [0.2, 0.25) is 0 Å². The van der Waals surface area contributed by atoms with E-state index in [2.05, 4.69) is 66.3 Å². The number of aromatic nitrogens is 2. The van der Waals surface area contributed by atoms with Crippen LogP contribution in [0.15, 0.2) is 54.9 Å². The van der Waals surface area contributed by atoms with Crippen LogP contribution >= 0.6 is 0 Å². The molecule has 0 atom stereocenters. The Bertz CT molecular complexity index is 758. The quantitative estimate of drug-likeness (QED) is 0.518. The molecule has 3 rings (SSSR count). The lowest BCUT2D eigenvalue weighted by Crippen LogP contribution is -1.96. The number of imidazole rings is 1. The summed E-state index contributed by atoms with van der Waals surface area (Å²) in [4.78, 5) is 7.77. The number of aromatic amines is 1. The first-order chi connectivity index (χ1) is 11.8. The third-order valence-corrected chi connectivity index (χ3v) is 4.61. The van der Waals surface area contributed by atoms with Crippen LogP contribution in [-0.4, -0.2) is 9.97 Å². The second-order valence-corrected chi connectivity index (χ2v) is 6.44. The third-order valence-electron chi connectivity index (χ3n) is 4.61. The molecule has 2 heteroatoms. The highest BCUT2D eigenvalue weighted by Crippen LogP contribution is 2.33. The minimum atomic E-state index is 0.948. The standard InChI is InChI=1S/C22H26N2/c1-3-4-5-7-12-19-16-21(22-23-13-14-24-22)20(15-17(19)2)18-10-8-6-9-11-18/h6,8-11,13-16H,3-5,7,12H2,1-2H3,(H,23,24). The number of unbranched alkanes of at least 4 members (excludes halogenated alkanes) is 3. The molecule has 0 saturated carbocycles. The zero-order valence-electron chi connectivity index (χ0n) is 14.7. The lowest BCUT2D eigenvalue weighted by molar-refractivity contribution is 0.666. The molecule has 0 fully saturated rings. The first-order valence-electron chi connectivity index (χ1n) is 8.98. The van der Waals surface area contributed by atoms with Gasteiger partial charge in [-0.25, -0.2) is 4.98 Å². The number of rotatable bonds is 7. The molecule has 1 N–H and O–H groups in total. The fourth-order valence-electron chi connectivity index (χ4n) is 3.23. The molecule has 1 aromatic heterocycles. The van der Waals surface area contributed by atoms with Gasteiger partial charge in [0.1, 0.15) is 5.82 Å². The van der Waals surface area contributed by atoms with E-state index >= 15 is 0 Å². The Kier molecular flexibility index (Phi) is 5.47. The maximum Gasteiger partial charge on any atom is 0.137 e. The normalized spacial score (nSPS) is 10.9. The topological polar surface area (TPSA) is 28.7 Å². The van der Waals surface area contributed by atoms with Gasteiger partial charge in [0.25, 0.3) is 0 Å². The largest absolute Gasteiger partial charge is 0.345 e. The van der Waals surface area contributed by atoms with Crippen LogP contribution in [0.3, 0.4) is 0 Å². The number of aryl methyl sites for hydroxylation is 2. The van der Waals surface area contributed by atoms with Crippen molar-refractivity contribution in [3.05, 3.63) is 66.0 Å². The number of hydrogen-bond donors (Lipinski definition) is 1. The Morgan fingerprint density at radius 2 is 1.79 bits per heavy atom. The van der Waals surface area contributed by atoms with Gasteiger partial charge in [0.15, 0.2) is 0 Å². The number of benzene rings is 2. The van der Waals surface area contributed by atoms with E-state index in [0.717, 1.165) is 12.2 Å². The van der Waals surface area contributed by atoms with E-state index in [1.807, 2.05) is 12.4 Å². The first-order valence-corrected chi connectivity index (χ1v) is 8.98. The van der Waals surface area contributed by atoms with Crippen LogP contribution in [0.25, 0.3) is 22.5 Å². The molecule has 2 aromatic carbocycles. The van der Waals surface area contributed by atoms with Crippen molar-refractivity contribution < 1.29 is 0 Å². The van der Waals surface area contributed by atoms with E-state index in [1.54, 1.807) is 0 Å². The van der Waals surface area contributed by atoms with Crippen molar-refractivity contribution in [3.63, 3.8) is 0 Å². The molecular formula is C22H26N2. The maximum absolute atomic E-state index is 4.50. The first kappa shape index (κ1) is 16.5. The Morgan fingerprint density at radius 1 is 0.958 bits per heavy atom. The smallest absolute Gasteiger partial charge is 0.137 e. The third kappa shape index (κ3) is 3.76. The lowest BCUT2D eigenvalue weighted by Gasteiger charge is -2.14. The Hall–Kier alpha value is -2.35. The summed E-state index contributed by atoms with van der Waals surface area (Å²) in [5.41, 5.74) is 6.50. The second-order valence-electron chi connectivity index (χ2n) is 6.44. The van der Waals surface area contributed by atoms with Crippen molar-refractivity contribution >= 4 is 0 Å². The molecular weight excluding hydrogens is 292 g/mol. The zero-order chi connectivity index (χ0) is 16.8. The van der Waals surface area contributed by atoms with Crippen LogP contribution in [-0.2, 0) is 6.42 Å². The summed E-state index contributed by atoms with van der Waals surface area (Å²) in [5, 5.41) is 0. The van der Waals surface area contributed by atoms with Gasteiger partial charge in [0, 0.05) is 18.0 Å².